The number of nitrogens with zero attached hydrogens (tertiary/aromatic N) is 5. The minimum absolute atomic E-state index is 0.101. The first-order valence-corrected chi connectivity index (χ1v) is 14.2. The van der Waals surface area contributed by atoms with E-state index in [2.05, 4.69) is 49.8 Å². The van der Waals surface area contributed by atoms with Gasteiger partial charge < -0.3 is 20.1 Å². The molecule has 10 heteroatoms. The van der Waals surface area contributed by atoms with E-state index in [-0.39, 0.29) is 17.9 Å². The topological polar surface area (TPSA) is 121 Å². The van der Waals surface area contributed by atoms with Gasteiger partial charge in [-0.3, -0.25) is 9.89 Å². The first-order valence-electron chi connectivity index (χ1n) is 14.2. The van der Waals surface area contributed by atoms with Crippen LogP contribution in [0.15, 0.2) is 67.1 Å². The summed E-state index contributed by atoms with van der Waals surface area (Å²) in [5.74, 6) is 1.52. The van der Waals surface area contributed by atoms with Crippen molar-refractivity contribution in [2.75, 3.05) is 24.6 Å². The largest absolute Gasteiger partial charge is 0.492 e. The Labute approximate surface area is 238 Å². The van der Waals surface area contributed by atoms with Crippen molar-refractivity contribution in [2.45, 2.75) is 51.2 Å². The van der Waals surface area contributed by atoms with Gasteiger partial charge in [-0.05, 0) is 56.9 Å². The Morgan fingerprint density at radius 3 is 2.68 bits per heavy atom. The minimum atomic E-state index is -0.672. The fraction of sp³-hybridized carbons (Fsp3) is 0.355. The van der Waals surface area contributed by atoms with E-state index in [1.54, 1.807) is 13.1 Å². The Morgan fingerprint density at radius 1 is 1.17 bits per heavy atom. The molecule has 0 radical (unpaired) electrons. The van der Waals surface area contributed by atoms with Gasteiger partial charge >= 0.3 is 0 Å². The normalized spacial score (nSPS) is 15.7. The van der Waals surface area contributed by atoms with E-state index >= 15 is 0 Å². The summed E-state index contributed by atoms with van der Waals surface area (Å²) in [4.78, 5) is 19.9. The molecule has 1 aliphatic heterocycles. The molecule has 1 atom stereocenters. The third-order valence-electron chi connectivity index (χ3n) is 7.79. The van der Waals surface area contributed by atoms with Gasteiger partial charge in [0.1, 0.15) is 11.6 Å². The highest BCUT2D eigenvalue weighted by molar-refractivity contribution is 6.00. The second-order valence-electron chi connectivity index (χ2n) is 10.9. The molecule has 6 rings (SSSR count). The number of benzene rings is 1. The van der Waals surface area contributed by atoms with Crippen LogP contribution in [0.2, 0.25) is 0 Å². The Balaban J connectivity index is 1.23. The predicted molar refractivity (Wildman–Crippen MR) is 158 cm³/mol. The maximum atomic E-state index is 12.7. The van der Waals surface area contributed by atoms with Gasteiger partial charge in [-0.25, -0.2) is 9.50 Å². The number of ether oxygens (including phenoxy) is 1. The number of pyridine rings is 2. The molecule has 41 heavy (non-hydrogen) atoms. The number of aromatic nitrogens is 5. The SMILES string of the molecule is CCOc1cc(-c2ccc(N3CCC(Cc4ccccc4)(NC(=O)C[C@H](C)O)CC3)nc2)c2c3cn[nH]c3nn2c1. The highest BCUT2D eigenvalue weighted by Crippen LogP contribution is 2.34. The fourth-order valence-corrected chi connectivity index (χ4v) is 5.85. The van der Waals surface area contributed by atoms with Crippen LogP contribution < -0.4 is 15.0 Å². The van der Waals surface area contributed by atoms with E-state index in [1.165, 1.54) is 5.56 Å². The van der Waals surface area contributed by atoms with Crippen LogP contribution in [-0.4, -0.2) is 67.1 Å². The summed E-state index contributed by atoms with van der Waals surface area (Å²) in [7, 11) is 0. The van der Waals surface area contributed by atoms with Gasteiger partial charge in [0.2, 0.25) is 5.91 Å². The minimum Gasteiger partial charge on any atom is -0.492 e. The van der Waals surface area contributed by atoms with Crippen LogP contribution in [0.25, 0.3) is 27.7 Å². The Kier molecular flexibility index (Phi) is 7.32. The van der Waals surface area contributed by atoms with Crippen LogP contribution in [0.3, 0.4) is 0 Å². The summed E-state index contributed by atoms with van der Waals surface area (Å²) < 4.78 is 7.65. The summed E-state index contributed by atoms with van der Waals surface area (Å²) >= 11 is 0. The van der Waals surface area contributed by atoms with Gasteiger partial charge in [-0.15, -0.1) is 5.10 Å². The van der Waals surface area contributed by atoms with Gasteiger partial charge in [-0.2, -0.15) is 5.10 Å². The number of anilines is 1. The van der Waals surface area contributed by atoms with Crippen LogP contribution in [0, 0.1) is 0 Å². The van der Waals surface area contributed by atoms with Crippen molar-refractivity contribution in [2.24, 2.45) is 0 Å². The molecule has 0 spiro atoms. The van der Waals surface area contributed by atoms with E-state index in [4.69, 9.17) is 9.72 Å². The number of piperidine rings is 1. The summed E-state index contributed by atoms with van der Waals surface area (Å²) in [5, 5.41) is 25.7. The van der Waals surface area contributed by atoms with Crippen molar-refractivity contribution in [3.63, 3.8) is 0 Å². The van der Waals surface area contributed by atoms with E-state index in [0.717, 1.165) is 71.6 Å². The number of carbonyl (C=O) groups is 1. The van der Waals surface area contributed by atoms with Gasteiger partial charge in [0, 0.05) is 36.0 Å². The van der Waals surface area contributed by atoms with Gasteiger partial charge in [-0.1, -0.05) is 30.3 Å². The van der Waals surface area contributed by atoms with Gasteiger partial charge in [0.05, 0.1) is 42.4 Å². The zero-order chi connectivity index (χ0) is 28.4. The van der Waals surface area contributed by atoms with Crippen LogP contribution in [0.4, 0.5) is 5.82 Å². The average molecular weight is 554 g/mol. The molecule has 4 aromatic heterocycles. The van der Waals surface area contributed by atoms with Crippen LogP contribution in [-0.2, 0) is 11.2 Å². The van der Waals surface area contributed by atoms with E-state index in [0.29, 0.717) is 6.61 Å². The highest BCUT2D eigenvalue weighted by Gasteiger charge is 2.36. The average Bonchev–Trinajstić information content (AvgIpc) is 3.55. The smallest absolute Gasteiger partial charge is 0.223 e. The monoisotopic (exact) mass is 553 g/mol. The Hall–Kier alpha value is -4.44. The maximum Gasteiger partial charge on any atom is 0.223 e. The number of hydrogen-bond donors (Lipinski definition) is 3. The molecule has 1 saturated heterocycles. The number of aliphatic hydroxyl groups excluding tert-OH is 1. The lowest BCUT2D eigenvalue weighted by atomic mass is 9.81. The molecule has 0 saturated carbocycles. The highest BCUT2D eigenvalue weighted by atomic mass is 16.5. The van der Waals surface area contributed by atoms with Crippen LogP contribution in [0.5, 0.6) is 5.75 Å². The second-order valence-corrected chi connectivity index (χ2v) is 10.9. The second kappa shape index (κ2) is 11.2. The number of H-pyrrole nitrogens is 1. The molecular weight excluding hydrogens is 518 g/mol. The number of hydrogen-bond acceptors (Lipinski definition) is 7. The van der Waals surface area contributed by atoms with Crippen molar-refractivity contribution in [1.82, 2.24) is 30.1 Å². The molecule has 0 aliphatic carbocycles. The van der Waals surface area contributed by atoms with Gasteiger partial charge in [0.15, 0.2) is 5.65 Å². The maximum absolute atomic E-state index is 12.7. The molecule has 1 fully saturated rings. The third-order valence-corrected chi connectivity index (χ3v) is 7.79. The first kappa shape index (κ1) is 26.8. The molecule has 1 aromatic carbocycles. The summed E-state index contributed by atoms with van der Waals surface area (Å²) in [5.41, 5.74) is 4.42. The standard InChI is InChI=1S/C31H35N7O3/c1-3-41-24-16-25(29-26-19-33-35-30(26)36-38(29)20-24)23-9-10-27(32-18-23)37-13-11-31(12-14-37,34-28(40)15-21(2)39)17-22-7-5-4-6-8-22/h4-10,16,18-21,39H,3,11-15,17H2,1-2H3,(H,34,40)(H,35,36)/t21-/m0/s1. The summed E-state index contributed by atoms with van der Waals surface area (Å²) in [6.07, 6.45) is 7.31. The Bertz CT molecular complexity index is 1640. The van der Waals surface area contributed by atoms with Crippen molar-refractivity contribution in [3.8, 4) is 16.9 Å². The quantitative estimate of drug-likeness (QED) is 0.251. The zero-order valence-electron chi connectivity index (χ0n) is 23.4. The molecule has 212 valence electrons. The number of rotatable bonds is 9. The molecule has 3 N–H and O–H groups in total. The molecule has 5 aromatic rings. The molecule has 0 bridgehead atoms. The number of carbonyl (C=O) groups excluding carboxylic acids is 1. The molecule has 0 unspecified atom stereocenters. The van der Waals surface area contributed by atoms with Crippen LogP contribution in [0.1, 0.15) is 38.7 Å². The molecule has 1 amide bonds. The third kappa shape index (κ3) is 5.60. The zero-order valence-corrected chi connectivity index (χ0v) is 23.4. The van der Waals surface area contributed by atoms with Crippen LogP contribution >= 0.6 is 0 Å². The number of aliphatic hydroxyl groups is 1. The van der Waals surface area contributed by atoms with E-state index in [9.17, 15) is 9.90 Å². The lowest BCUT2D eigenvalue weighted by Crippen LogP contribution is -2.57. The van der Waals surface area contributed by atoms with Crippen molar-refractivity contribution in [3.05, 3.63) is 72.7 Å². The van der Waals surface area contributed by atoms with Gasteiger partial charge in [0.25, 0.3) is 0 Å². The predicted octanol–water partition coefficient (Wildman–Crippen LogP) is 4.14. The molecule has 10 nitrogen and oxygen atoms in total. The van der Waals surface area contributed by atoms with E-state index < -0.39 is 6.10 Å². The van der Waals surface area contributed by atoms with E-state index in [1.807, 2.05) is 48.1 Å². The first-order chi connectivity index (χ1) is 19.9. The molecule has 5 heterocycles. The molecular formula is C31H35N7O3. The number of fused-ring (bicyclic) bond motifs is 3. The number of aromatic amines is 1. The molecule has 1 aliphatic rings. The number of amides is 1. The lowest BCUT2D eigenvalue weighted by Gasteiger charge is -2.43. The summed E-state index contributed by atoms with van der Waals surface area (Å²) in [6.45, 7) is 5.68. The van der Waals surface area contributed by atoms with Crippen molar-refractivity contribution < 1.29 is 14.6 Å². The fourth-order valence-electron chi connectivity index (χ4n) is 5.85. The number of nitrogens with one attached hydrogen (secondary N) is 2. The van der Waals surface area contributed by atoms with Crippen molar-refractivity contribution in [1.29, 1.82) is 0 Å². The Morgan fingerprint density at radius 2 is 1.98 bits per heavy atom. The summed E-state index contributed by atoms with van der Waals surface area (Å²) in [6, 6.07) is 16.4. The lowest BCUT2D eigenvalue weighted by molar-refractivity contribution is -0.125. The van der Waals surface area contributed by atoms with Crippen molar-refractivity contribution >= 4 is 28.3 Å².